The highest BCUT2D eigenvalue weighted by molar-refractivity contribution is 6.46. The summed E-state index contributed by atoms with van der Waals surface area (Å²) >= 11 is 0. The van der Waals surface area contributed by atoms with Gasteiger partial charge in [0.1, 0.15) is 0 Å². The first-order valence-electron chi connectivity index (χ1n) is 3.78. The first kappa shape index (κ1) is 11.9. The third kappa shape index (κ3) is 4.08. The van der Waals surface area contributed by atoms with Crippen LogP contribution in [-0.2, 0) is 8.85 Å². The normalized spacial score (nSPS) is 14.2. The van der Waals surface area contributed by atoms with Gasteiger partial charge in [0.25, 0.3) is 6.43 Å². The van der Waals surface area contributed by atoms with E-state index in [9.17, 15) is 13.2 Å². The largest absolute Gasteiger partial charge is 0.395 e. The number of hydrogen-bond donors (Lipinski definition) is 0. The van der Waals surface area contributed by atoms with E-state index in [2.05, 4.69) is 0 Å². The van der Waals surface area contributed by atoms with Gasteiger partial charge in [-0.3, -0.25) is 0 Å². The van der Waals surface area contributed by atoms with E-state index in [1.54, 1.807) is 13.8 Å². The molecule has 0 fully saturated rings. The Bertz CT molecular complexity index is 109. The van der Waals surface area contributed by atoms with Crippen LogP contribution in [0.2, 0.25) is 0 Å². The van der Waals surface area contributed by atoms with E-state index >= 15 is 0 Å². The monoisotopic (exact) mass is 202 g/mol. The van der Waals surface area contributed by atoms with Crippen LogP contribution in [-0.4, -0.2) is 34.7 Å². The van der Waals surface area contributed by atoms with Gasteiger partial charge in [0.15, 0.2) is 0 Å². The Hall–Kier alpha value is -0.0731. The fourth-order valence-corrected chi connectivity index (χ4v) is 2.04. The van der Waals surface area contributed by atoms with Crippen LogP contribution in [0.4, 0.5) is 13.2 Å². The molecule has 0 saturated heterocycles. The number of alkyl halides is 3. The lowest BCUT2D eigenvalue weighted by Crippen LogP contribution is -2.39. The third-order valence-corrected chi connectivity index (χ3v) is 3.30. The molecule has 0 aliphatic heterocycles. The van der Waals surface area contributed by atoms with Gasteiger partial charge in [0.05, 0.1) is 0 Å². The molecule has 0 aliphatic rings. The second-order valence-electron chi connectivity index (χ2n) is 2.06. The Morgan fingerprint density at radius 3 is 1.75 bits per heavy atom. The fraction of sp³-hybridized carbons (Fsp3) is 1.00. The zero-order valence-electron chi connectivity index (χ0n) is 7.10. The van der Waals surface area contributed by atoms with Crippen LogP contribution in [0.25, 0.3) is 0 Å². The molecule has 0 saturated carbocycles. The van der Waals surface area contributed by atoms with Gasteiger partial charge in [-0.15, -0.1) is 0 Å². The van der Waals surface area contributed by atoms with Crippen molar-refractivity contribution in [3.8, 4) is 0 Å². The summed E-state index contributed by atoms with van der Waals surface area (Å²) in [4.78, 5) is 0. The Labute approximate surface area is 71.5 Å². The van der Waals surface area contributed by atoms with E-state index in [0.29, 0.717) is 0 Å². The summed E-state index contributed by atoms with van der Waals surface area (Å²) in [7, 11) is -2.80. The molecular formula is C6H13F3O2Si. The van der Waals surface area contributed by atoms with E-state index in [1.807, 2.05) is 0 Å². The lowest BCUT2D eigenvalue weighted by Gasteiger charge is -2.17. The van der Waals surface area contributed by atoms with Crippen molar-refractivity contribution in [2.24, 2.45) is 0 Å². The molecule has 12 heavy (non-hydrogen) atoms. The molecule has 74 valence electrons. The van der Waals surface area contributed by atoms with Crippen molar-refractivity contribution >= 4 is 9.28 Å². The highest BCUT2D eigenvalue weighted by Crippen LogP contribution is 2.11. The van der Waals surface area contributed by atoms with Gasteiger partial charge in [-0.05, 0) is 13.8 Å². The van der Waals surface area contributed by atoms with Crippen molar-refractivity contribution in [2.45, 2.75) is 26.1 Å². The zero-order valence-corrected chi connectivity index (χ0v) is 8.25. The minimum Gasteiger partial charge on any atom is -0.395 e. The van der Waals surface area contributed by atoms with E-state index in [-0.39, 0.29) is 13.2 Å². The summed E-state index contributed by atoms with van der Waals surface area (Å²) in [5, 5.41) is 0. The summed E-state index contributed by atoms with van der Waals surface area (Å²) in [6, 6.07) is 0. The first-order chi connectivity index (χ1) is 5.63. The van der Waals surface area contributed by atoms with E-state index in [4.69, 9.17) is 8.85 Å². The van der Waals surface area contributed by atoms with Crippen LogP contribution in [0, 0.1) is 0 Å². The SMILES string of the molecule is CCO[SiH](OCC)C(F)C(F)F. The molecule has 0 N–H and O–H groups in total. The maximum atomic E-state index is 12.6. The number of halogens is 3. The summed E-state index contributed by atoms with van der Waals surface area (Å²) in [6.07, 6.45) is -3.00. The Morgan fingerprint density at radius 2 is 1.50 bits per heavy atom. The van der Waals surface area contributed by atoms with E-state index in [1.165, 1.54) is 0 Å². The van der Waals surface area contributed by atoms with Gasteiger partial charge < -0.3 is 8.85 Å². The highest BCUT2D eigenvalue weighted by Gasteiger charge is 2.33. The average Bonchev–Trinajstić information content (AvgIpc) is 2.03. The predicted molar refractivity (Wildman–Crippen MR) is 41.3 cm³/mol. The number of rotatable bonds is 6. The van der Waals surface area contributed by atoms with Crippen molar-refractivity contribution in [1.29, 1.82) is 0 Å². The van der Waals surface area contributed by atoms with Crippen LogP contribution < -0.4 is 0 Å². The zero-order chi connectivity index (χ0) is 9.56. The molecule has 6 heteroatoms. The molecule has 0 bridgehead atoms. The predicted octanol–water partition coefficient (Wildman–Crippen LogP) is 1.42. The molecule has 0 aromatic rings. The second kappa shape index (κ2) is 6.44. The highest BCUT2D eigenvalue weighted by atomic mass is 28.3. The molecule has 0 spiro atoms. The summed E-state index contributed by atoms with van der Waals surface area (Å²) in [5.74, 6) is -2.23. The quantitative estimate of drug-likeness (QED) is 0.606. The molecule has 0 radical (unpaired) electrons. The molecule has 0 aromatic heterocycles. The van der Waals surface area contributed by atoms with Crippen molar-refractivity contribution in [1.82, 2.24) is 0 Å². The molecule has 1 atom stereocenters. The summed E-state index contributed by atoms with van der Waals surface area (Å²) in [5.41, 5.74) is 0. The Balaban J connectivity index is 3.89. The smallest absolute Gasteiger partial charge is 0.363 e. The molecule has 0 heterocycles. The van der Waals surface area contributed by atoms with Crippen LogP contribution in [0.5, 0.6) is 0 Å². The average molecular weight is 202 g/mol. The van der Waals surface area contributed by atoms with Crippen molar-refractivity contribution in [3.05, 3.63) is 0 Å². The van der Waals surface area contributed by atoms with Gasteiger partial charge in [-0.25, -0.2) is 13.2 Å². The summed E-state index contributed by atoms with van der Waals surface area (Å²) < 4.78 is 45.8. The maximum Gasteiger partial charge on any atom is 0.363 e. The topological polar surface area (TPSA) is 18.5 Å². The Kier molecular flexibility index (Phi) is 6.40. The lowest BCUT2D eigenvalue weighted by atomic mass is 10.8. The van der Waals surface area contributed by atoms with Gasteiger partial charge in [-0.1, -0.05) is 0 Å². The third-order valence-electron chi connectivity index (χ3n) is 1.16. The molecule has 0 amide bonds. The molecule has 1 unspecified atom stereocenters. The fourth-order valence-electron chi connectivity index (χ4n) is 0.679. The molecule has 0 aromatic carbocycles. The maximum absolute atomic E-state index is 12.6. The van der Waals surface area contributed by atoms with Gasteiger partial charge in [0.2, 0.25) is 5.79 Å². The molecule has 0 rings (SSSR count). The second-order valence-corrected chi connectivity index (χ2v) is 4.10. The van der Waals surface area contributed by atoms with Crippen LogP contribution >= 0.6 is 0 Å². The van der Waals surface area contributed by atoms with Crippen molar-refractivity contribution in [3.63, 3.8) is 0 Å². The first-order valence-corrected chi connectivity index (χ1v) is 5.39. The molecular weight excluding hydrogens is 189 g/mol. The van der Waals surface area contributed by atoms with Gasteiger partial charge in [-0.2, -0.15) is 0 Å². The van der Waals surface area contributed by atoms with Crippen LogP contribution in [0.3, 0.4) is 0 Å². The minimum absolute atomic E-state index is 0.212. The number of hydrogen-bond acceptors (Lipinski definition) is 2. The minimum atomic E-state index is -3.00. The standard InChI is InChI=1S/C6H13F3O2Si/c1-3-10-12(11-4-2)6(9)5(7)8/h5-6,12H,3-4H2,1-2H3. The van der Waals surface area contributed by atoms with Crippen molar-refractivity contribution < 1.29 is 22.0 Å². The van der Waals surface area contributed by atoms with Crippen molar-refractivity contribution in [2.75, 3.05) is 13.2 Å². The van der Waals surface area contributed by atoms with Gasteiger partial charge >= 0.3 is 9.28 Å². The van der Waals surface area contributed by atoms with Gasteiger partial charge in [0, 0.05) is 13.2 Å². The molecule has 0 aliphatic carbocycles. The van der Waals surface area contributed by atoms with E-state index in [0.717, 1.165) is 0 Å². The summed E-state index contributed by atoms with van der Waals surface area (Å²) in [6.45, 7) is 3.67. The lowest BCUT2D eigenvalue weighted by molar-refractivity contribution is 0.0573. The van der Waals surface area contributed by atoms with Crippen LogP contribution in [0.1, 0.15) is 13.8 Å². The van der Waals surface area contributed by atoms with E-state index < -0.39 is 21.5 Å². The molecule has 2 nitrogen and oxygen atoms in total. The Morgan fingerprint density at radius 1 is 1.08 bits per heavy atom. The van der Waals surface area contributed by atoms with Crippen LogP contribution in [0.15, 0.2) is 0 Å².